The third-order valence-corrected chi connectivity index (χ3v) is 10.2. The van der Waals surface area contributed by atoms with Crippen molar-refractivity contribution in [2.24, 2.45) is 5.92 Å². The lowest BCUT2D eigenvalue weighted by molar-refractivity contribution is -0.144. The Morgan fingerprint density at radius 2 is 1.53 bits per heavy atom. The van der Waals surface area contributed by atoms with Crippen molar-refractivity contribution in [1.82, 2.24) is 30.6 Å². The number of amides is 2. The lowest BCUT2D eigenvalue weighted by Gasteiger charge is -2.34. The van der Waals surface area contributed by atoms with Crippen molar-refractivity contribution in [3.05, 3.63) is 59.7 Å². The van der Waals surface area contributed by atoms with Crippen LogP contribution in [0.1, 0.15) is 61.9 Å². The van der Waals surface area contributed by atoms with Gasteiger partial charge in [-0.15, -0.1) is 0 Å². The molecule has 14 nitrogen and oxygen atoms in total. The summed E-state index contributed by atoms with van der Waals surface area (Å²) in [7, 11) is 0. The van der Waals surface area contributed by atoms with Crippen LogP contribution in [0.4, 0.5) is 49.6 Å². The van der Waals surface area contributed by atoms with Crippen LogP contribution in [0.5, 0.6) is 0 Å². The zero-order valence-corrected chi connectivity index (χ0v) is 32.0. The summed E-state index contributed by atoms with van der Waals surface area (Å²) in [5, 5.41) is 27.3. The maximum absolute atomic E-state index is 14.0. The van der Waals surface area contributed by atoms with Crippen LogP contribution in [0.3, 0.4) is 0 Å². The van der Waals surface area contributed by atoms with E-state index in [0.29, 0.717) is 102 Å². The number of aliphatic hydroxyl groups is 2. The summed E-state index contributed by atoms with van der Waals surface area (Å²) < 4.78 is 80.8. The predicted molar refractivity (Wildman–Crippen MR) is 204 cm³/mol. The third kappa shape index (κ3) is 12.8. The summed E-state index contributed by atoms with van der Waals surface area (Å²) in [6.07, 6.45) is -3.48. The molecule has 2 saturated heterocycles. The highest BCUT2D eigenvalue weighted by Crippen LogP contribution is 2.35. The van der Waals surface area contributed by atoms with Gasteiger partial charge in [-0.2, -0.15) is 26.3 Å². The number of aliphatic hydroxyl groups excluding tert-OH is 2. The summed E-state index contributed by atoms with van der Waals surface area (Å²) in [4.78, 5) is 46.8. The first-order valence-electron chi connectivity index (χ1n) is 19.5. The summed E-state index contributed by atoms with van der Waals surface area (Å²) in [6, 6.07) is 7.07. The van der Waals surface area contributed by atoms with Gasteiger partial charge in [0.05, 0.1) is 18.8 Å². The average Bonchev–Trinajstić information content (AvgIpc) is 3.70. The molecule has 0 bridgehead atoms. The number of piperidine rings is 1. The van der Waals surface area contributed by atoms with Crippen LogP contribution >= 0.6 is 0 Å². The first-order chi connectivity index (χ1) is 27.7. The van der Waals surface area contributed by atoms with Crippen molar-refractivity contribution in [3.63, 3.8) is 0 Å². The van der Waals surface area contributed by atoms with Gasteiger partial charge in [0.1, 0.15) is 35.6 Å². The second-order valence-electron chi connectivity index (χ2n) is 14.3. The SMILES string of the molecule is O=C(CCCC1CCN(c2cc(N3CCC[C@H]3C(=O)NCCc3ccc(C(F)(F)F)cc3)nc(C(F)(F)F)n2)CC1)NCCNc1cc(N(CCO)CCO)ncn1. The van der Waals surface area contributed by atoms with E-state index in [4.69, 9.17) is 0 Å². The Kier molecular flexibility index (Phi) is 15.7. The van der Waals surface area contributed by atoms with Crippen molar-refractivity contribution in [1.29, 1.82) is 0 Å². The van der Waals surface area contributed by atoms with Crippen LogP contribution in [-0.2, 0) is 28.4 Å². The minimum atomic E-state index is -4.82. The number of rotatable bonds is 19. The van der Waals surface area contributed by atoms with E-state index in [0.717, 1.165) is 18.6 Å². The molecule has 0 aliphatic carbocycles. The number of nitrogens with zero attached hydrogens (tertiary/aromatic N) is 7. The molecule has 2 aliphatic rings. The van der Waals surface area contributed by atoms with Crippen LogP contribution in [-0.4, -0.2) is 114 Å². The van der Waals surface area contributed by atoms with Crippen molar-refractivity contribution >= 4 is 35.1 Å². The molecule has 4 heterocycles. The van der Waals surface area contributed by atoms with Gasteiger partial charge >= 0.3 is 12.4 Å². The molecule has 0 unspecified atom stereocenters. The Bertz CT molecular complexity index is 1770. The number of carbonyl (C=O) groups excluding carboxylic acids is 2. The van der Waals surface area contributed by atoms with E-state index < -0.39 is 35.7 Å². The largest absolute Gasteiger partial charge is 0.451 e. The van der Waals surface area contributed by atoms with E-state index in [1.807, 2.05) is 0 Å². The molecule has 3 aromatic rings. The molecule has 2 fully saturated rings. The third-order valence-electron chi connectivity index (χ3n) is 10.2. The van der Waals surface area contributed by atoms with Gasteiger partial charge < -0.3 is 40.9 Å². The molecular formula is C38H50F6N10O4. The molecule has 1 aromatic carbocycles. The zero-order valence-electron chi connectivity index (χ0n) is 32.0. The maximum atomic E-state index is 14.0. The van der Waals surface area contributed by atoms with Gasteiger partial charge in [-0.25, -0.2) is 19.9 Å². The van der Waals surface area contributed by atoms with Gasteiger partial charge in [-0.05, 0) is 68.6 Å². The van der Waals surface area contributed by atoms with Gasteiger partial charge in [0, 0.05) is 70.9 Å². The molecule has 0 spiro atoms. The first kappa shape index (κ1) is 44.1. The second kappa shape index (κ2) is 20.6. The molecule has 5 N–H and O–H groups in total. The highest BCUT2D eigenvalue weighted by atomic mass is 19.4. The smallest absolute Gasteiger partial charge is 0.395 e. The highest BCUT2D eigenvalue weighted by Gasteiger charge is 2.39. The monoisotopic (exact) mass is 824 g/mol. The summed E-state index contributed by atoms with van der Waals surface area (Å²) in [5.41, 5.74) is -0.173. The number of carbonyl (C=O) groups is 2. The fraction of sp³-hybridized carbons (Fsp3) is 0.579. The van der Waals surface area contributed by atoms with Gasteiger partial charge in [0.2, 0.25) is 17.6 Å². The normalized spacial score (nSPS) is 16.4. The highest BCUT2D eigenvalue weighted by molar-refractivity contribution is 5.85. The van der Waals surface area contributed by atoms with Gasteiger partial charge in [0.15, 0.2) is 0 Å². The van der Waals surface area contributed by atoms with E-state index in [9.17, 15) is 46.1 Å². The van der Waals surface area contributed by atoms with Crippen molar-refractivity contribution in [3.8, 4) is 0 Å². The Morgan fingerprint density at radius 3 is 2.21 bits per heavy atom. The lowest BCUT2D eigenvalue weighted by Crippen LogP contribution is -2.44. The lowest BCUT2D eigenvalue weighted by atomic mass is 9.91. The summed E-state index contributed by atoms with van der Waals surface area (Å²) in [6.45, 7) is 2.60. The Labute approximate surface area is 332 Å². The van der Waals surface area contributed by atoms with E-state index in [-0.39, 0.29) is 49.6 Å². The summed E-state index contributed by atoms with van der Waals surface area (Å²) >= 11 is 0. The molecular weight excluding hydrogens is 774 g/mol. The number of anilines is 4. The van der Waals surface area contributed by atoms with Gasteiger partial charge in [-0.1, -0.05) is 12.1 Å². The Balaban J connectivity index is 1.06. The molecule has 2 aliphatic heterocycles. The predicted octanol–water partition coefficient (Wildman–Crippen LogP) is 4.04. The summed E-state index contributed by atoms with van der Waals surface area (Å²) in [5.74, 6) is -0.277. The van der Waals surface area contributed by atoms with Crippen LogP contribution in [0, 0.1) is 5.92 Å². The van der Waals surface area contributed by atoms with Crippen LogP contribution in [0.25, 0.3) is 0 Å². The number of nitrogens with one attached hydrogen (secondary N) is 3. The second-order valence-corrected chi connectivity index (χ2v) is 14.3. The molecule has 5 rings (SSSR count). The number of hydrogen-bond acceptors (Lipinski definition) is 12. The fourth-order valence-electron chi connectivity index (χ4n) is 7.16. The standard InChI is InChI=1S/C38H50F6N10O4/c39-37(40,41)28-8-6-27(7-9-28)10-13-47-35(58)29-4-2-16-54(29)33-24-32(50-36(51-33)38(42,43)44)52-17-11-26(12-18-52)3-1-5-34(57)46-15-14-45-30-23-31(49-25-48-30)53(19-21-55)20-22-56/h6-9,23-26,29,55-56H,1-5,10-22H2,(H,46,57)(H,47,58)(H,45,48,49)/t29-/m0/s1. The zero-order chi connectivity index (χ0) is 41.7. The quantitative estimate of drug-likeness (QED) is 0.0870. The number of aromatic nitrogens is 4. The maximum Gasteiger partial charge on any atom is 0.451 e. The number of halogens is 6. The fourth-order valence-corrected chi connectivity index (χ4v) is 7.16. The van der Waals surface area contributed by atoms with Crippen molar-refractivity contribution in [2.45, 2.75) is 69.8 Å². The number of hydrogen-bond donors (Lipinski definition) is 5. The van der Waals surface area contributed by atoms with E-state index in [2.05, 4.69) is 35.9 Å². The van der Waals surface area contributed by atoms with Gasteiger partial charge in [0.25, 0.3) is 0 Å². The minimum absolute atomic E-state index is 0.00517. The topological polar surface area (TPSA) is 172 Å². The molecule has 58 heavy (non-hydrogen) atoms. The van der Waals surface area contributed by atoms with Crippen molar-refractivity contribution < 1.29 is 46.1 Å². The number of benzene rings is 1. The van der Waals surface area contributed by atoms with Crippen LogP contribution in [0.15, 0.2) is 42.7 Å². The van der Waals surface area contributed by atoms with Crippen LogP contribution < -0.4 is 30.7 Å². The Hall–Kier alpha value is -4.98. The Morgan fingerprint density at radius 1 is 0.828 bits per heavy atom. The molecule has 2 amide bonds. The van der Waals surface area contributed by atoms with Crippen LogP contribution in [0.2, 0.25) is 0 Å². The molecule has 20 heteroatoms. The van der Waals surface area contributed by atoms with E-state index >= 15 is 0 Å². The molecule has 318 valence electrons. The van der Waals surface area contributed by atoms with E-state index in [1.54, 1.807) is 20.8 Å². The van der Waals surface area contributed by atoms with E-state index in [1.165, 1.54) is 24.5 Å². The number of alkyl halides is 6. The first-order valence-corrected chi connectivity index (χ1v) is 19.5. The van der Waals surface area contributed by atoms with Gasteiger partial charge in [-0.3, -0.25) is 9.59 Å². The molecule has 1 atom stereocenters. The molecule has 0 radical (unpaired) electrons. The van der Waals surface area contributed by atoms with Crippen molar-refractivity contribution in [2.75, 3.05) is 85.6 Å². The minimum Gasteiger partial charge on any atom is -0.395 e. The average molecular weight is 825 g/mol. The molecule has 2 aromatic heterocycles. The molecule has 0 saturated carbocycles.